The average molecular weight is 252 g/mol. The smallest absolute Gasteiger partial charge is 0.315 e. The highest BCUT2D eigenvalue weighted by Gasteiger charge is 2.10. The van der Waals surface area contributed by atoms with E-state index in [1.807, 2.05) is 32.0 Å². The van der Waals surface area contributed by atoms with Crippen molar-refractivity contribution in [2.45, 2.75) is 13.8 Å². The van der Waals surface area contributed by atoms with Crippen LogP contribution in [0.15, 0.2) is 18.2 Å². The molecule has 0 N–H and O–H groups in total. The molecule has 92 valence electrons. The Morgan fingerprint density at radius 1 is 1.24 bits per heavy atom. The maximum atomic E-state index is 11.9. The number of carbonyl (C=O) groups is 2. The second-order valence-electron chi connectivity index (χ2n) is 3.81. The first-order valence-corrected chi connectivity index (χ1v) is 6.45. The van der Waals surface area contributed by atoms with Gasteiger partial charge in [-0.15, -0.1) is 11.8 Å². The van der Waals surface area contributed by atoms with E-state index in [1.54, 1.807) is 0 Å². The predicted molar refractivity (Wildman–Crippen MR) is 69.6 cm³/mol. The normalized spacial score (nSPS) is 10.1. The van der Waals surface area contributed by atoms with E-state index in [2.05, 4.69) is 4.74 Å². The largest absolute Gasteiger partial charge is 0.468 e. The van der Waals surface area contributed by atoms with Gasteiger partial charge in [-0.3, -0.25) is 9.59 Å². The zero-order chi connectivity index (χ0) is 12.8. The average Bonchev–Trinajstić information content (AvgIpc) is 2.28. The number of hydrogen-bond donors (Lipinski definition) is 0. The van der Waals surface area contributed by atoms with Crippen LogP contribution < -0.4 is 0 Å². The summed E-state index contributed by atoms with van der Waals surface area (Å²) >= 11 is 1.28. The monoisotopic (exact) mass is 252 g/mol. The van der Waals surface area contributed by atoms with Gasteiger partial charge in [-0.05, 0) is 19.4 Å². The molecule has 0 aliphatic heterocycles. The Morgan fingerprint density at radius 2 is 1.94 bits per heavy atom. The summed E-state index contributed by atoms with van der Waals surface area (Å²) < 4.78 is 4.51. The van der Waals surface area contributed by atoms with Crippen LogP contribution in [0.5, 0.6) is 0 Å². The van der Waals surface area contributed by atoms with Crippen molar-refractivity contribution in [3.63, 3.8) is 0 Å². The number of ether oxygens (including phenoxy) is 1. The summed E-state index contributed by atoms with van der Waals surface area (Å²) in [6, 6.07) is 5.75. The number of thioether (sulfide) groups is 1. The van der Waals surface area contributed by atoms with E-state index < -0.39 is 0 Å². The molecule has 0 aromatic heterocycles. The van der Waals surface area contributed by atoms with E-state index >= 15 is 0 Å². The number of esters is 1. The summed E-state index contributed by atoms with van der Waals surface area (Å²) in [5.41, 5.74) is 2.85. The summed E-state index contributed by atoms with van der Waals surface area (Å²) in [6.45, 7) is 3.92. The maximum absolute atomic E-state index is 11.9. The molecule has 0 bridgehead atoms. The van der Waals surface area contributed by atoms with Crippen molar-refractivity contribution in [3.05, 3.63) is 34.9 Å². The van der Waals surface area contributed by atoms with Crippen molar-refractivity contribution < 1.29 is 14.3 Å². The third kappa shape index (κ3) is 4.23. The van der Waals surface area contributed by atoms with Crippen LogP contribution in [0.25, 0.3) is 0 Å². The Kier molecular flexibility index (Phi) is 5.22. The molecule has 1 aromatic carbocycles. The number of hydrogen-bond acceptors (Lipinski definition) is 4. The van der Waals surface area contributed by atoms with Gasteiger partial charge in [-0.25, -0.2) is 0 Å². The first kappa shape index (κ1) is 13.8. The zero-order valence-corrected chi connectivity index (χ0v) is 11.1. The molecular weight excluding hydrogens is 236 g/mol. The summed E-state index contributed by atoms with van der Waals surface area (Å²) in [4.78, 5) is 22.8. The highest BCUT2D eigenvalue weighted by Crippen LogP contribution is 2.14. The van der Waals surface area contributed by atoms with Crippen LogP contribution in [0, 0.1) is 13.8 Å². The quantitative estimate of drug-likeness (QED) is 0.596. The molecule has 0 aliphatic rings. The molecule has 0 fully saturated rings. The molecule has 3 nitrogen and oxygen atoms in total. The van der Waals surface area contributed by atoms with Crippen LogP contribution in [-0.2, 0) is 9.53 Å². The molecule has 0 unspecified atom stereocenters. The van der Waals surface area contributed by atoms with Crippen LogP contribution in [0.1, 0.15) is 21.5 Å². The molecule has 0 heterocycles. The van der Waals surface area contributed by atoms with Crippen molar-refractivity contribution in [2.75, 3.05) is 18.6 Å². The van der Waals surface area contributed by atoms with Crippen LogP contribution in [0.4, 0.5) is 0 Å². The Bertz CT molecular complexity index is 427. The number of carbonyl (C=O) groups excluding carboxylic acids is 2. The third-order valence-electron chi connectivity index (χ3n) is 2.36. The van der Waals surface area contributed by atoms with Crippen LogP contribution >= 0.6 is 11.8 Å². The molecule has 0 saturated carbocycles. The summed E-state index contributed by atoms with van der Waals surface area (Å²) in [5, 5.41) is 0. The molecule has 0 amide bonds. The zero-order valence-electron chi connectivity index (χ0n) is 10.3. The first-order valence-electron chi connectivity index (χ1n) is 5.29. The van der Waals surface area contributed by atoms with Gasteiger partial charge in [-0.2, -0.15) is 0 Å². The van der Waals surface area contributed by atoms with Crippen LogP contribution in [-0.4, -0.2) is 30.4 Å². The van der Waals surface area contributed by atoms with E-state index in [0.29, 0.717) is 5.75 Å². The fraction of sp³-hybridized carbons (Fsp3) is 0.385. The second-order valence-corrected chi connectivity index (χ2v) is 4.80. The van der Waals surface area contributed by atoms with Gasteiger partial charge in [0.05, 0.1) is 18.6 Å². The molecule has 0 atom stereocenters. The number of ketones is 1. The molecule has 17 heavy (non-hydrogen) atoms. The van der Waals surface area contributed by atoms with Crippen molar-refractivity contribution in [1.29, 1.82) is 0 Å². The summed E-state index contributed by atoms with van der Waals surface area (Å²) in [6.07, 6.45) is 0. The van der Waals surface area contributed by atoms with Gasteiger partial charge < -0.3 is 4.74 Å². The molecule has 1 rings (SSSR count). The molecular formula is C13H16O3S. The minimum absolute atomic E-state index is 0.0522. The minimum atomic E-state index is -0.302. The number of aryl methyl sites for hydroxylation is 2. The molecule has 0 saturated heterocycles. The van der Waals surface area contributed by atoms with Gasteiger partial charge in [0.1, 0.15) is 0 Å². The van der Waals surface area contributed by atoms with Gasteiger partial charge in [-0.1, -0.05) is 23.8 Å². The maximum Gasteiger partial charge on any atom is 0.315 e. The molecule has 1 aromatic rings. The second kappa shape index (κ2) is 6.45. The Morgan fingerprint density at radius 3 is 2.53 bits per heavy atom. The molecule has 0 radical (unpaired) electrons. The SMILES string of the molecule is COC(=O)CSCC(=O)c1ccc(C)cc1C. The Balaban J connectivity index is 2.55. The number of methoxy groups -OCH3 is 1. The van der Waals surface area contributed by atoms with Crippen LogP contribution in [0.3, 0.4) is 0 Å². The third-order valence-corrected chi connectivity index (χ3v) is 3.27. The lowest BCUT2D eigenvalue weighted by molar-refractivity contribution is -0.137. The minimum Gasteiger partial charge on any atom is -0.468 e. The predicted octanol–water partition coefficient (Wildman–Crippen LogP) is 2.39. The fourth-order valence-electron chi connectivity index (χ4n) is 1.49. The van der Waals surface area contributed by atoms with Crippen LogP contribution in [0.2, 0.25) is 0 Å². The van der Waals surface area contributed by atoms with Crippen molar-refractivity contribution in [3.8, 4) is 0 Å². The van der Waals surface area contributed by atoms with E-state index in [9.17, 15) is 9.59 Å². The van der Waals surface area contributed by atoms with E-state index in [1.165, 1.54) is 18.9 Å². The number of rotatable bonds is 5. The van der Waals surface area contributed by atoms with Crippen molar-refractivity contribution >= 4 is 23.5 Å². The van der Waals surface area contributed by atoms with Gasteiger partial charge in [0.25, 0.3) is 0 Å². The fourth-order valence-corrected chi connectivity index (χ4v) is 2.22. The van der Waals surface area contributed by atoms with Gasteiger partial charge in [0.15, 0.2) is 5.78 Å². The highest BCUT2D eigenvalue weighted by atomic mass is 32.2. The van der Waals surface area contributed by atoms with E-state index in [-0.39, 0.29) is 17.5 Å². The number of benzene rings is 1. The lowest BCUT2D eigenvalue weighted by Crippen LogP contribution is -2.09. The van der Waals surface area contributed by atoms with E-state index in [4.69, 9.17) is 0 Å². The first-order chi connectivity index (χ1) is 8.04. The van der Waals surface area contributed by atoms with Crippen molar-refractivity contribution in [1.82, 2.24) is 0 Å². The molecule has 0 spiro atoms. The Hall–Kier alpha value is -1.29. The standard InChI is InChI=1S/C13H16O3S/c1-9-4-5-11(10(2)6-9)12(14)7-17-8-13(15)16-3/h4-6H,7-8H2,1-3H3. The molecule has 4 heteroatoms. The molecule has 0 aliphatic carbocycles. The number of Topliss-reactive ketones (excluding diaryl/α,β-unsaturated/α-hetero) is 1. The summed E-state index contributed by atoms with van der Waals surface area (Å²) in [5.74, 6) is 0.270. The van der Waals surface area contributed by atoms with E-state index in [0.717, 1.165) is 16.7 Å². The lowest BCUT2D eigenvalue weighted by atomic mass is 10.0. The lowest BCUT2D eigenvalue weighted by Gasteiger charge is -2.05. The summed E-state index contributed by atoms with van der Waals surface area (Å²) in [7, 11) is 1.34. The van der Waals surface area contributed by atoms with Crippen molar-refractivity contribution in [2.24, 2.45) is 0 Å². The van der Waals surface area contributed by atoms with Gasteiger partial charge in [0.2, 0.25) is 0 Å². The van der Waals surface area contributed by atoms with Gasteiger partial charge in [0, 0.05) is 5.56 Å². The van der Waals surface area contributed by atoms with Gasteiger partial charge >= 0.3 is 5.97 Å². The highest BCUT2D eigenvalue weighted by molar-refractivity contribution is 8.00. The Labute approximate surface area is 106 Å². The topological polar surface area (TPSA) is 43.4 Å².